The van der Waals surface area contributed by atoms with E-state index in [1.54, 1.807) is 0 Å². The number of ether oxygens (including phenoxy) is 1. The molecular weight excluding hydrogens is 214 g/mol. The molecule has 96 valence electrons. The zero-order valence-corrected chi connectivity index (χ0v) is 11.2. The minimum atomic E-state index is -0.782. The third-order valence-electron chi connectivity index (χ3n) is 3.76. The fourth-order valence-electron chi connectivity index (χ4n) is 2.40. The lowest BCUT2D eigenvalue weighted by atomic mass is 9.79. The second-order valence-corrected chi connectivity index (χ2v) is 5.62. The molecule has 1 aliphatic rings. The maximum atomic E-state index is 12.2. The Bertz CT molecular complexity index is 317. The molecule has 1 rings (SSSR count). The lowest BCUT2D eigenvalue weighted by Crippen LogP contribution is -2.32. The van der Waals surface area contributed by atoms with Crippen molar-refractivity contribution < 1.29 is 9.53 Å². The first-order chi connectivity index (χ1) is 7.98. The molecule has 0 aromatic rings. The molecule has 1 aliphatic carbocycles. The van der Waals surface area contributed by atoms with Crippen molar-refractivity contribution in [2.75, 3.05) is 13.2 Å². The van der Waals surface area contributed by atoms with Gasteiger partial charge in [0.1, 0.15) is 5.41 Å². The molecule has 0 radical (unpaired) electrons. The van der Waals surface area contributed by atoms with Crippen molar-refractivity contribution in [1.82, 2.24) is 0 Å². The van der Waals surface area contributed by atoms with E-state index in [0.717, 1.165) is 25.9 Å². The molecule has 3 nitrogen and oxygen atoms in total. The summed E-state index contributed by atoms with van der Waals surface area (Å²) >= 11 is 0. The highest BCUT2D eigenvalue weighted by atomic mass is 16.5. The number of carbonyl (C=O) groups excluding carboxylic acids is 1. The summed E-state index contributed by atoms with van der Waals surface area (Å²) in [5.41, 5.74) is -1.12. The Kier molecular flexibility index (Phi) is 4.70. The summed E-state index contributed by atoms with van der Waals surface area (Å²) < 4.78 is 5.48. The number of nitriles is 1. The number of Topliss-reactive ketones (excluding diaryl/α,β-unsaturated/α-hetero) is 1. The van der Waals surface area contributed by atoms with Crippen molar-refractivity contribution in [3.05, 3.63) is 0 Å². The van der Waals surface area contributed by atoms with Crippen LogP contribution in [0.25, 0.3) is 0 Å². The van der Waals surface area contributed by atoms with Crippen LogP contribution in [0.15, 0.2) is 0 Å². The van der Waals surface area contributed by atoms with E-state index < -0.39 is 5.41 Å². The van der Waals surface area contributed by atoms with Crippen LogP contribution in [0.3, 0.4) is 0 Å². The fraction of sp³-hybridized carbons (Fsp3) is 0.857. The zero-order valence-electron chi connectivity index (χ0n) is 11.2. The minimum Gasteiger partial charge on any atom is -0.381 e. The molecule has 0 bridgehead atoms. The number of unbranched alkanes of at least 4 members (excludes halogenated alkanes) is 1. The Labute approximate surface area is 104 Å². The predicted molar refractivity (Wildman–Crippen MR) is 66.4 cm³/mol. The summed E-state index contributed by atoms with van der Waals surface area (Å²) in [7, 11) is 0. The standard InChI is InChI=1S/C14H23NO2/c1-4-5-9-17-10-8-14(11-15)7-6-13(2,3)12(14)16/h4-10H2,1-3H3. The van der Waals surface area contributed by atoms with Gasteiger partial charge in [0.05, 0.1) is 6.07 Å². The van der Waals surface area contributed by atoms with Crippen LogP contribution in [0.2, 0.25) is 0 Å². The van der Waals surface area contributed by atoms with Gasteiger partial charge in [-0.25, -0.2) is 0 Å². The van der Waals surface area contributed by atoms with E-state index in [1.807, 2.05) is 13.8 Å². The van der Waals surface area contributed by atoms with Crippen molar-refractivity contribution in [2.24, 2.45) is 10.8 Å². The molecular formula is C14H23NO2. The number of hydrogen-bond donors (Lipinski definition) is 0. The number of nitrogens with zero attached hydrogens (tertiary/aromatic N) is 1. The molecule has 1 fully saturated rings. The summed E-state index contributed by atoms with van der Waals surface area (Å²) in [4.78, 5) is 12.2. The second kappa shape index (κ2) is 5.64. The molecule has 1 atom stereocenters. The Morgan fingerprint density at radius 3 is 2.53 bits per heavy atom. The van der Waals surface area contributed by atoms with Gasteiger partial charge in [-0.2, -0.15) is 5.26 Å². The quantitative estimate of drug-likeness (QED) is 0.667. The SMILES string of the molecule is CCCCOCCC1(C#N)CCC(C)(C)C1=O. The first-order valence-electron chi connectivity index (χ1n) is 6.52. The molecule has 1 unspecified atom stereocenters. The van der Waals surface area contributed by atoms with Crippen molar-refractivity contribution in [3.63, 3.8) is 0 Å². The Balaban J connectivity index is 2.49. The molecule has 3 heteroatoms. The highest BCUT2D eigenvalue weighted by Crippen LogP contribution is 2.47. The molecule has 17 heavy (non-hydrogen) atoms. The zero-order chi connectivity index (χ0) is 12.9. The van der Waals surface area contributed by atoms with E-state index in [9.17, 15) is 10.1 Å². The van der Waals surface area contributed by atoms with Crippen LogP contribution in [-0.2, 0) is 9.53 Å². The summed E-state index contributed by atoms with van der Waals surface area (Å²) in [6.45, 7) is 7.24. The average Bonchev–Trinajstić information content (AvgIpc) is 2.53. The van der Waals surface area contributed by atoms with Crippen LogP contribution < -0.4 is 0 Å². The number of hydrogen-bond acceptors (Lipinski definition) is 3. The van der Waals surface area contributed by atoms with Gasteiger partial charge in [0.25, 0.3) is 0 Å². The molecule has 0 N–H and O–H groups in total. The number of carbonyl (C=O) groups is 1. The van der Waals surface area contributed by atoms with Crippen molar-refractivity contribution in [1.29, 1.82) is 5.26 Å². The normalized spacial score (nSPS) is 27.1. The summed E-state index contributed by atoms with van der Waals surface area (Å²) in [5.74, 6) is 0.103. The van der Waals surface area contributed by atoms with Gasteiger partial charge >= 0.3 is 0 Å². The summed E-state index contributed by atoms with van der Waals surface area (Å²) in [6.07, 6.45) is 4.20. The summed E-state index contributed by atoms with van der Waals surface area (Å²) in [5, 5.41) is 9.30. The smallest absolute Gasteiger partial charge is 0.158 e. The lowest BCUT2D eigenvalue weighted by molar-refractivity contribution is -0.130. The predicted octanol–water partition coefficient (Wildman–Crippen LogP) is 3.09. The Morgan fingerprint density at radius 2 is 2.06 bits per heavy atom. The maximum Gasteiger partial charge on any atom is 0.158 e. The number of ketones is 1. The molecule has 0 heterocycles. The molecule has 0 aromatic carbocycles. The fourth-order valence-corrected chi connectivity index (χ4v) is 2.40. The van der Waals surface area contributed by atoms with Crippen molar-refractivity contribution in [2.45, 2.75) is 52.9 Å². The second-order valence-electron chi connectivity index (χ2n) is 5.62. The topological polar surface area (TPSA) is 50.1 Å². The van der Waals surface area contributed by atoms with Crippen LogP contribution in [0.1, 0.15) is 52.9 Å². The van der Waals surface area contributed by atoms with Crippen LogP contribution in [0, 0.1) is 22.2 Å². The van der Waals surface area contributed by atoms with Crippen LogP contribution in [-0.4, -0.2) is 19.0 Å². The molecule has 0 saturated heterocycles. The lowest BCUT2D eigenvalue weighted by Gasteiger charge is -2.22. The van der Waals surface area contributed by atoms with Crippen molar-refractivity contribution in [3.8, 4) is 6.07 Å². The monoisotopic (exact) mass is 237 g/mol. The molecule has 1 saturated carbocycles. The Morgan fingerprint density at radius 1 is 1.35 bits per heavy atom. The molecule has 0 aromatic heterocycles. The molecule has 0 amide bonds. The van der Waals surface area contributed by atoms with Gasteiger partial charge in [-0.15, -0.1) is 0 Å². The van der Waals surface area contributed by atoms with Gasteiger partial charge < -0.3 is 4.74 Å². The van der Waals surface area contributed by atoms with Crippen LogP contribution in [0.4, 0.5) is 0 Å². The van der Waals surface area contributed by atoms with Crippen LogP contribution >= 0.6 is 0 Å². The van der Waals surface area contributed by atoms with E-state index in [1.165, 1.54) is 0 Å². The third kappa shape index (κ3) is 3.07. The van der Waals surface area contributed by atoms with Gasteiger partial charge in [-0.05, 0) is 25.7 Å². The molecule has 0 spiro atoms. The van der Waals surface area contributed by atoms with E-state index in [4.69, 9.17) is 4.74 Å². The highest BCUT2D eigenvalue weighted by molar-refractivity contribution is 5.94. The molecule has 0 aliphatic heterocycles. The van der Waals surface area contributed by atoms with E-state index >= 15 is 0 Å². The number of rotatable bonds is 6. The van der Waals surface area contributed by atoms with Crippen LogP contribution in [0.5, 0.6) is 0 Å². The average molecular weight is 237 g/mol. The van der Waals surface area contributed by atoms with E-state index in [2.05, 4.69) is 13.0 Å². The van der Waals surface area contributed by atoms with E-state index in [-0.39, 0.29) is 11.2 Å². The van der Waals surface area contributed by atoms with Gasteiger partial charge in [-0.1, -0.05) is 27.2 Å². The Hall–Kier alpha value is -0.880. The first kappa shape index (κ1) is 14.2. The summed E-state index contributed by atoms with van der Waals surface area (Å²) in [6, 6.07) is 2.24. The maximum absolute atomic E-state index is 12.2. The highest BCUT2D eigenvalue weighted by Gasteiger charge is 2.51. The van der Waals surface area contributed by atoms with Crippen molar-refractivity contribution >= 4 is 5.78 Å². The van der Waals surface area contributed by atoms with Gasteiger partial charge in [0.2, 0.25) is 0 Å². The van der Waals surface area contributed by atoms with Gasteiger partial charge in [0, 0.05) is 18.6 Å². The first-order valence-corrected chi connectivity index (χ1v) is 6.52. The van der Waals surface area contributed by atoms with Gasteiger partial charge in [-0.3, -0.25) is 4.79 Å². The third-order valence-corrected chi connectivity index (χ3v) is 3.76. The largest absolute Gasteiger partial charge is 0.381 e. The van der Waals surface area contributed by atoms with E-state index in [0.29, 0.717) is 19.4 Å². The van der Waals surface area contributed by atoms with Gasteiger partial charge in [0.15, 0.2) is 5.78 Å². The minimum absolute atomic E-state index is 0.103.